The quantitative estimate of drug-likeness (QED) is 0.552. The van der Waals surface area contributed by atoms with Gasteiger partial charge in [0, 0.05) is 37.4 Å². The maximum absolute atomic E-state index is 13.9. The Morgan fingerprint density at radius 3 is 2.45 bits per heavy atom. The predicted molar refractivity (Wildman–Crippen MR) is 106 cm³/mol. The predicted octanol–water partition coefficient (Wildman–Crippen LogP) is 2.87. The third kappa shape index (κ3) is 5.50. The second kappa shape index (κ2) is 8.44. The van der Waals surface area contributed by atoms with Gasteiger partial charge in [-0.05, 0) is 41.8 Å². The fourth-order valence-corrected chi connectivity index (χ4v) is 4.12. The van der Waals surface area contributed by atoms with Crippen LogP contribution in [0, 0.1) is 17.5 Å². The van der Waals surface area contributed by atoms with E-state index < -0.39 is 27.3 Å². The highest BCUT2D eigenvalue weighted by molar-refractivity contribution is 7.89. The molecule has 2 aromatic carbocycles. The van der Waals surface area contributed by atoms with Crippen LogP contribution in [0.1, 0.15) is 29.0 Å². The lowest BCUT2D eigenvalue weighted by Gasteiger charge is -2.14. The number of hydrogen-bond acceptors (Lipinski definition) is 3. The number of sulfone groups is 1. The summed E-state index contributed by atoms with van der Waals surface area (Å²) in [5, 5.41) is 6.09. The van der Waals surface area contributed by atoms with E-state index >= 15 is 0 Å². The van der Waals surface area contributed by atoms with E-state index in [0.29, 0.717) is 23.5 Å². The van der Waals surface area contributed by atoms with Crippen molar-refractivity contribution in [3.63, 3.8) is 0 Å². The average Bonchev–Trinajstić information content (AvgIpc) is 3.38. The summed E-state index contributed by atoms with van der Waals surface area (Å²) in [6.45, 7) is 0.147. The third-order valence-corrected chi connectivity index (χ3v) is 5.57. The first-order valence-electron chi connectivity index (χ1n) is 9.04. The number of benzene rings is 2. The molecule has 1 aliphatic rings. The van der Waals surface area contributed by atoms with Crippen molar-refractivity contribution >= 4 is 15.8 Å². The van der Waals surface area contributed by atoms with E-state index in [1.807, 2.05) is 0 Å². The number of nitrogens with one attached hydrogen (secondary N) is 2. The summed E-state index contributed by atoms with van der Waals surface area (Å²) in [6.07, 6.45) is 1.67. The molecule has 2 aromatic rings. The molecule has 0 bridgehead atoms. The van der Waals surface area contributed by atoms with Gasteiger partial charge in [0.1, 0.15) is 17.5 Å². The van der Waals surface area contributed by atoms with Crippen LogP contribution in [0.2, 0.25) is 0 Å². The highest BCUT2D eigenvalue weighted by atomic mass is 32.2. The number of aliphatic imine (C=N–C) groups is 1. The molecule has 0 saturated heterocycles. The minimum atomic E-state index is -3.28. The summed E-state index contributed by atoms with van der Waals surface area (Å²) in [7, 11) is -1.74. The van der Waals surface area contributed by atoms with Gasteiger partial charge in [-0.2, -0.15) is 0 Å². The van der Waals surface area contributed by atoms with Crippen LogP contribution in [0.25, 0.3) is 0 Å². The lowest BCUT2D eigenvalue weighted by atomic mass is 10.1. The second-order valence-corrected chi connectivity index (χ2v) is 9.28. The van der Waals surface area contributed by atoms with E-state index in [4.69, 9.17) is 0 Å². The lowest BCUT2D eigenvalue weighted by molar-refractivity contribution is 0.553. The Labute approximate surface area is 168 Å². The third-order valence-electron chi connectivity index (χ3n) is 4.74. The van der Waals surface area contributed by atoms with Crippen molar-refractivity contribution in [2.75, 3.05) is 13.3 Å². The summed E-state index contributed by atoms with van der Waals surface area (Å²) >= 11 is 0. The molecule has 0 amide bonds. The lowest BCUT2D eigenvalue weighted by Crippen LogP contribution is -2.38. The van der Waals surface area contributed by atoms with Crippen LogP contribution in [-0.2, 0) is 22.1 Å². The smallest absolute Gasteiger partial charge is 0.191 e. The van der Waals surface area contributed by atoms with Gasteiger partial charge in [-0.1, -0.05) is 12.1 Å². The zero-order chi connectivity index (χ0) is 21.2. The van der Waals surface area contributed by atoms with Crippen molar-refractivity contribution in [3.05, 3.63) is 70.5 Å². The molecule has 3 rings (SSSR count). The van der Waals surface area contributed by atoms with Crippen LogP contribution >= 0.6 is 0 Å². The minimum Gasteiger partial charge on any atom is -0.353 e. The Kier molecular flexibility index (Phi) is 6.16. The van der Waals surface area contributed by atoms with Crippen molar-refractivity contribution in [2.24, 2.45) is 4.99 Å². The molecule has 29 heavy (non-hydrogen) atoms. The molecule has 1 fully saturated rings. The molecule has 1 saturated carbocycles. The van der Waals surface area contributed by atoms with Gasteiger partial charge in [0.25, 0.3) is 0 Å². The first-order valence-corrected chi connectivity index (χ1v) is 11.1. The SMILES string of the molecule is CN=C(NCc1cc(F)ccc1CS(C)(=O)=O)NC1CC1c1c(F)cccc1F. The first-order chi connectivity index (χ1) is 13.7. The van der Waals surface area contributed by atoms with Crippen molar-refractivity contribution in [1.29, 1.82) is 0 Å². The summed E-state index contributed by atoms with van der Waals surface area (Å²) in [5.41, 5.74) is 1.04. The van der Waals surface area contributed by atoms with E-state index in [1.165, 1.54) is 36.4 Å². The second-order valence-electron chi connectivity index (χ2n) is 7.14. The molecule has 2 unspecified atom stereocenters. The van der Waals surface area contributed by atoms with Gasteiger partial charge in [-0.15, -0.1) is 0 Å². The molecule has 0 aliphatic heterocycles. The van der Waals surface area contributed by atoms with E-state index in [-0.39, 0.29) is 29.8 Å². The van der Waals surface area contributed by atoms with Crippen molar-refractivity contribution in [1.82, 2.24) is 10.6 Å². The van der Waals surface area contributed by atoms with Crippen molar-refractivity contribution in [3.8, 4) is 0 Å². The van der Waals surface area contributed by atoms with Crippen LogP contribution in [0.15, 0.2) is 41.4 Å². The van der Waals surface area contributed by atoms with Gasteiger partial charge in [-0.25, -0.2) is 21.6 Å². The maximum Gasteiger partial charge on any atom is 0.191 e. The zero-order valence-electron chi connectivity index (χ0n) is 16.0. The monoisotopic (exact) mass is 425 g/mol. The highest BCUT2D eigenvalue weighted by Crippen LogP contribution is 2.43. The van der Waals surface area contributed by atoms with E-state index in [1.54, 1.807) is 7.05 Å². The topological polar surface area (TPSA) is 70.6 Å². The average molecular weight is 425 g/mol. The Hall–Kier alpha value is -2.55. The Bertz CT molecular complexity index is 1020. The van der Waals surface area contributed by atoms with E-state index in [2.05, 4.69) is 15.6 Å². The van der Waals surface area contributed by atoms with Crippen LogP contribution < -0.4 is 10.6 Å². The molecule has 0 spiro atoms. The van der Waals surface area contributed by atoms with Crippen molar-refractivity contribution < 1.29 is 21.6 Å². The van der Waals surface area contributed by atoms with Gasteiger partial charge >= 0.3 is 0 Å². The maximum atomic E-state index is 13.9. The van der Waals surface area contributed by atoms with Gasteiger partial charge in [-0.3, -0.25) is 4.99 Å². The Morgan fingerprint density at radius 2 is 1.83 bits per heavy atom. The summed E-state index contributed by atoms with van der Waals surface area (Å²) in [4.78, 5) is 4.08. The van der Waals surface area contributed by atoms with Crippen LogP contribution in [-0.4, -0.2) is 33.7 Å². The van der Waals surface area contributed by atoms with E-state index in [9.17, 15) is 21.6 Å². The standard InChI is InChI=1S/C20H22F3N3O2S/c1-24-20(26-18-9-15(18)19-16(22)4-3-5-17(19)23)25-10-13-8-14(21)7-6-12(13)11-29(2,27)28/h3-8,15,18H,9-11H2,1-2H3,(H2,24,25,26). The van der Waals surface area contributed by atoms with Crippen molar-refractivity contribution in [2.45, 2.75) is 30.7 Å². The highest BCUT2D eigenvalue weighted by Gasteiger charge is 2.42. The van der Waals surface area contributed by atoms with Gasteiger partial charge in [0.05, 0.1) is 5.75 Å². The van der Waals surface area contributed by atoms with Gasteiger partial charge < -0.3 is 10.6 Å². The van der Waals surface area contributed by atoms with Crippen LogP contribution in [0.3, 0.4) is 0 Å². The molecule has 0 aromatic heterocycles. The molecule has 2 atom stereocenters. The summed E-state index contributed by atoms with van der Waals surface area (Å²) in [6, 6.07) is 7.54. The normalized spacial score (nSPS) is 19.1. The minimum absolute atomic E-state index is 0.0565. The number of hydrogen-bond donors (Lipinski definition) is 2. The van der Waals surface area contributed by atoms with Crippen LogP contribution in [0.5, 0.6) is 0 Å². The largest absolute Gasteiger partial charge is 0.353 e. The number of halogens is 3. The number of rotatable bonds is 6. The Morgan fingerprint density at radius 1 is 1.14 bits per heavy atom. The zero-order valence-corrected chi connectivity index (χ0v) is 16.9. The van der Waals surface area contributed by atoms with Gasteiger partial charge in [0.2, 0.25) is 0 Å². The molecular weight excluding hydrogens is 403 g/mol. The van der Waals surface area contributed by atoms with E-state index in [0.717, 1.165) is 6.26 Å². The molecule has 2 N–H and O–H groups in total. The fourth-order valence-electron chi connectivity index (χ4n) is 3.27. The number of guanidine groups is 1. The summed E-state index contributed by atoms with van der Waals surface area (Å²) < 4.78 is 64.7. The molecule has 5 nitrogen and oxygen atoms in total. The molecular formula is C20H22F3N3O2S. The number of nitrogens with zero attached hydrogens (tertiary/aromatic N) is 1. The first kappa shape index (κ1) is 21.2. The Balaban J connectivity index is 1.65. The molecule has 156 valence electrons. The summed E-state index contributed by atoms with van der Waals surface area (Å²) in [5.74, 6) is -1.75. The fraction of sp³-hybridized carbons (Fsp3) is 0.350. The van der Waals surface area contributed by atoms with Gasteiger partial charge in [0.15, 0.2) is 15.8 Å². The molecule has 1 aliphatic carbocycles. The van der Waals surface area contributed by atoms with Crippen LogP contribution in [0.4, 0.5) is 13.2 Å². The molecule has 0 radical (unpaired) electrons. The molecule has 9 heteroatoms. The molecule has 0 heterocycles.